The molecule has 1 aliphatic rings. The summed E-state index contributed by atoms with van der Waals surface area (Å²) in [6, 6.07) is 11.9. The number of carbonyl (C=O) groups is 3. The summed E-state index contributed by atoms with van der Waals surface area (Å²) >= 11 is 0. The van der Waals surface area contributed by atoms with Crippen LogP contribution in [0.5, 0.6) is 17.2 Å². The van der Waals surface area contributed by atoms with E-state index in [1.807, 2.05) is 48.7 Å². The Balaban J connectivity index is 1.67. The molecule has 8 nitrogen and oxygen atoms in total. The Labute approximate surface area is 173 Å². The maximum Gasteiger partial charge on any atom is 0.328 e. The van der Waals surface area contributed by atoms with Crippen molar-refractivity contribution >= 4 is 23.9 Å². The number of amides is 4. The lowest BCUT2D eigenvalue weighted by Crippen LogP contribution is -2.51. The van der Waals surface area contributed by atoms with Crippen LogP contribution in [0.1, 0.15) is 18.1 Å². The van der Waals surface area contributed by atoms with Gasteiger partial charge in [-0.05, 0) is 55.3 Å². The second-order valence-corrected chi connectivity index (χ2v) is 6.45. The Bertz CT molecular complexity index is 977. The summed E-state index contributed by atoms with van der Waals surface area (Å²) in [5, 5.41) is 4.07. The van der Waals surface area contributed by atoms with E-state index in [2.05, 4.69) is 0 Å². The van der Waals surface area contributed by atoms with Crippen molar-refractivity contribution in [1.29, 1.82) is 0 Å². The first-order chi connectivity index (χ1) is 14.5. The van der Waals surface area contributed by atoms with Crippen molar-refractivity contribution in [1.82, 2.24) is 10.6 Å². The quantitative estimate of drug-likeness (QED) is 0.394. The zero-order chi connectivity index (χ0) is 21.5. The average molecular weight is 410 g/mol. The van der Waals surface area contributed by atoms with Gasteiger partial charge in [0.2, 0.25) is 0 Å². The Morgan fingerprint density at radius 1 is 0.867 bits per heavy atom. The lowest BCUT2D eigenvalue weighted by Gasteiger charge is -2.15. The molecule has 1 fully saturated rings. The molecule has 2 aromatic rings. The van der Waals surface area contributed by atoms with Gasteiger partial charge in [-0.1, -0.05) is 18.2 Å². The van der Waals surface area contributed by atoms with Crippen molar-refractivity contribution < 1.29 is 28.6 Å². The van der Waals surface area contributed by atoms with Crippen molar-refractivity contribution in [3.8, 4) is 17.2 Å². The lowest BCUT2D eigenvalue weighted by atomic mass is 10.1. The van der Waals surface area contributed by atoms with E-state index in [9.17, 15) is 14.4 Å². The minimum atomic E-state index is -0.839. The van der Waals surface area contributed by atoms with E-state index in [0.29, 0.717) is 36.9 Å². The smallest absolute Gasteiger partial charge is 0.328 e. The third kappa shape index (κ3) is 5.38. The van der Waals surface area contributed by atoms with E-state index in [4.69, 9.17) is 14.2 Å². The fourth-order valence-electron chi connectivity index (χ4n) is 2.79. The molecule has 156 valence electrons. The van der Waals surface area contributed by atoms with Gasteiger partial charge in [0.15, 0.2) is 11.5 Å². The van der Waals surface area contributed by atoms with Crippen molar-refractivity contribution in [2.24, 2.45) is 0 Å². The summed E-state index contributed by atoms with van der Waals surface area (Å²) in [6.07, 6.45) is 1.38. The Hall–Kier alpha value is -3.81. The second kappa shape index (κ2) is 9.60. The average Bonchev–Trinajstić information content (AvgIpc) is 2.69. The van der Waals surface area contributed by atoms with Crippen molar-refractivity contribution in [2.45, 2.75) is 13.8 Å². The molecule has 0 aliphatic carbocycles. The minimum absolute atomic E-state index is 0.169. The van der Waals surface area contributed by atoms with E-state index < -0.39 is 17.8 Å². The SMILES string of the molecule is CCOc1cc(C=C2C(=O)NC(=O)NC2=O)ccc1OCCOc1cccc(C)c1. The first kappa shape index (κ1) is 20.9. The van der Waals surface area contributed by atoms with E-state index in [1.54, 1.807) is 18.2 Å². The van der Waals surface area contributed by atoms with Gasteiger partial charge < -0.3 is 14.2 Å². The molecule has 3 rings (SSSR count). The van der Waals surface area contributed by atoms with E-state index in [0.717, 1.165) is 11.3 Å². The molecule has 0 atom stereocenters. The first-order valence-electron chi connectivity index (χ1n) is 9.43. The van der Waals surface area contributed by atoms with Crippen LogP contribution < -0.4 is 24.8 Å². The molecule has 4 amide bonds. The monoisotopic (exact) mass is 410 g/mol. The molecule has 2 aromatic carbocycles. The summed E-state index contributed by atoms with van der Waals surface area (Å²) in [5.74, 6) is 0.244. The zero-order valence-electron chi connectivity index (χ0n) is 16.7. The molecule has 8 heteroatoms. The van der Waals surface area contributed by atoms with Crippen LogP contribution in [0.3, 0.4) is 0 Å². The highest BCUT2D eigenvalue weighted by atomic mass is 16.5. The standard InChI is InChI=1S/C22H22N2O6/c1-3-28-19-13-15(12-17-20(25)23-22(27)24-21(17)26)7-8-18(19)30-10-9-29-16-6-4-5-14(2)11-16/h4-8,11-13H,3,9-10H2,1-2H3,(H2,23,24,25,26,27). The van der Waals surface area contributed by atoms with Crippen LogP contribution in [-0.2, 0) is 9.59 Å². The van der Waals surface area contributed by atoms with E-state index >= 15 is 0 Å². The Kier molecular flexibility index (Phi) is 6.69. The van der Waals surface area contributed by atoms with Crippen LogP contribution >= 0.6 is 0 Å². The molecule has 2 N–H and O–H groups in total. The number of benzene rings is 2. The van der Waals surface area contributed by atoms with Crippen LogP contribution in [0, 0.1) is 6.92 Å². The van der Waals surface area contributed by atoms with E-state index in [-0.39, 0.29) is 5.57 Å². The number of aryl methyl sites for hydroxylation is 1. The molecule has 1 saturated heterocycles. The molecule has 0 radical (unpaired) electrons. The van der Waals surface area contributed by atoms with Gasteiger partial charge in [0.05, 0.1) is 6.61 Å². The summed E-state index contributed by atoms with van der Waals surface area (Å²) in [6.45, 7) is 4.90. The molecular weight excluding hydrogens is 388 g/mol. The van der Waals surface area contributed by atoms with Gasteiger partial charge in [0, 0.05) is 0 Å². The van der Waals surface area contributed by atoms with Gasteiger partial charge in [-0.3, -0.25) is 20.2 Å². The van der Waals surface area contributed by atoms with Gasteiger partial charge in [0.25, 0.3) is 11.8 Å². The summed E-state index contributed by atoms with van der Waals surface area (Å²) in [5.41, 5.74) is 1.50. The number of hydrogen-bond donors (Lipinski definition) is 2. The van der Waals surface area contributed by atoms with Crippen LogP contribution in [0.15, 0.2) is 48.0 Å². The van der Waals surface area contributed by atoms with Gasteiger partial charge in [-0.25, -0.2) is 4.79 Å². The maximum absolute atomic E-state index is 11.9. The number of imide groups is 2. The molecule has 0 spiro atoms. The zero-order valence-corrected chi connectivity index (χ0v) is 16.7. The highest BCUT2D eigenvalue weighted by molar-refractivity contribution is 6.31. The Morgan fingerprint density at radius 2 is 1.60 bits per heavy atom. The topological polar surface area (TPSA) is 103 Å². The summed E-state index contributed by atoms with van der Waals surface area (Å²) in [4.78, 5) is 34.9. The summed E-state index contributed by atoms with van der Waals surface area (Å²) in [7, 11) is 0. The van der Waals surface area contributed by atoms with Gasteiger partial charge in [-0.2, -0.15) is 0 Å². The molecule has 1 heterocycles. The van der Waals surface area contributed by atoms with Crippen LogP contribution in [0.4, 0.5) is 4.79 Å². The largest absolute Gasteiger partial charge is 0.490 e. The molecule has 0 bridgehead atoms. The molecule has 0 aromatic heterocycles. The predicted molar refractivity (Wildman–Crippen MR) is 109 cm³/mol. The molecule has 1 aliphatic heterocycles. The predicted octanol–water partition coefficient (Wildman–Crippen LogP) is 2.60. The lowest BCUT2D eigenvalue weighted by molar-refractivity contribution is -0.123. The third-order valence-corrected chi connectivity index (χ3v) is 4.12. The number of nitrogens with one attached hydrogen (secondary N) is 2. The normalized spacial score (nSPS) is 13.4. The van der Waals surface area contributed by atoms with Crippen LogP contribution in [0.25, 0.3) is 6.08 Å². The fourth-order valence-corrected chi connectivity index (χ4v) is 2.79. The van der Waals surface area contributed by atoms with Crippen LogP contribution in [0.2, 0.25) is 0 Å². The third-order valence-electron chi connectivity index (χ3n) is 4.12. The summed E-state index contributed by atoms with van der Waals surface area (Å²) < 4.78 is 17.1. The highest BCUT2D eigenvalue weighted by Gasteiger charge is 2.27. The first-order valence-corrected chi connectivity index (χ1v) is 9.43. The number of ether oxygens (including phenoxy) is 3. The highest BCUT2D eigenvalue weighted by Crippen LogP contribution is 2.29. The number of urea groups is 1. The number of barbiturate groups is 1. The van der Waals surface area contributed by atoms with Gasteiger partial charge >= 0.3 is 6.03 Å². The Morgan fingerprint density at radius 3 is 2.30 bits per heavy atom. The fraction of sp³-hybridized carbons (Fsp3) is 0.227. The maximum atomic E-state index is 11.9. The van der Waals surface area contributed by atoms with Crippen molar-refractivity contribution in [3.63, 3.8) is 0 Å². The van der Waals surface area contributed by atoms with E-state index in [1.165, 1.54) is 6.08 Å². The van der Waals surface area contributed by atoms with Crippen molar-refractivity contribution in [2.75, 3.05) is 19.8 Å². The second-order valence-electron chi connectivity index (χ2n) is 6.45. The van der Waals surface area contributed by atoms with Gasteiger partial charge in [-0.15, -0.1) is 0 Å². The van der Waals surface area contributed by atoms with Crippen LogP contribution in [-0.4, -0.2) is 37.7 Å². The number of carbonyl (C=O) groups excluding carboxylic acids is 3. The van der Waals surface area contributed by atoms with Gasteiger partial charge in [0.1, 0.15) is 24.5 Å². The molecule has 0 unspecified atom stereocenters. The molecule has 30 heavy (non-hydrogen) atoms. The molecule has 0 saturated carbocycles. The number of rotatable bonds is 8. The molecular formula is C22H22N2O6. The number of hydrogen-bond acceptors (Lipinski definition) is 6. The van der Waals surface area contributed by atoms with Crippen molar-refractivity contribution in [3.05, 3.63) is 59.2 Å². The minimum Gasteiger partial charge on any atom is -0.490 e.